The molecule has 152 valence electrons. The predicted molar refractivity (Wildman–Crippen MR) is 112 cm³/mol. The standard InChI is InChI=1S/C26H37NO/c1-25-11-9-20-19-8-6-18(27-12-2-3-13-27)15-17(19)5-7-21(20)24(25)22-16-23(22)26(25)10-4-14-28-26/h5,15,19-24H,2-4,6-14,16H2,1H3/t19?,20?,21?,22?,23?,24?,25?,26-/m0/s1. The first-order chi connectivity index (χ1) is 13.7. The lowest BCUT2D eigenvalue weighted by Gasteiger charge is -2.57. The Morgan fingerprint density at radius 2 is 1.93 bits per heavy atom. The third-order valence-electron chi connectivity index (χ3n) is 10.8. The average Bonchev–Trinajstić information content (AvgIpc) is 3.12. The molecule has 2 heteroatoms. The van der Waals surface area contributed by atoms with Crippen molar-refractivity contribution in [3.63, 3.8) is 0 Å². The van der Waals surface area contributed by atoms with Gasteiger partial charge in [-0.3, -0.25) is 0 Å². The lowest BCUT2D eigenvalue weighted by atomic mass is 9.49. The number of hydrogen-bond acceptors (Lipinski definition) is 2. The van der Waals surface area contributed by atoms with E-state index in [-0.39, 0.29) is 5.60 Å². The minimum absolute atomic E-state index is 0.284. The van der Waals surface area contributed by atoms with Crippen LogP contribution in [0.1, 0.15) is 71.1 Å². The number of allylic oxidation sites excluding steroid dienone is 4. The van der Waals surface area contributed by atoms with Crippen LogP contribution in [-0.2, 0) is 4.74 Å². The zero-order valence-corrected chi connectivity index (χ0v) is 17.7. The fraction of sp³-hybridized carbons (Fsp3) is 0.846. The van der Waals surface area contributed by atoms with Crippen molar-refractivity contribution >= 4 is 0 Å². The van der Waals surface area contributed by atoms with Crippen molar-refractivity contribution < 1.29 is 4.74 Å². The van der Waals surface area contributed by atoms with Gasteiger partial charge in [0.1, 0.15) is 0 Å². The number of fused-ring (bicyclic) bond motifs is 9. The van der Waals surface area contributed by atoms with Crippen LogP contribution in [0.5, 0.6) is 0 Å². The zero-order valence-electron chi connectivity index (χ0n) is 17.7. The van der Waals surface area contributed by atoms with Crippen molar-refractivity contribution in [2.45, 2.75) is 76.7 Å². The molecule has 0 aromatic rings. The quantitative estimate of drug-likeness (QED) is 0.592. The van der Waals surface area contributed by atoms with E-state index < -0.39 is 0 Å². The largest absolute Gasteiger partial charge is 0.375 e. The van der Waals surface area contributed by atoms with Crippen LogP contribution in [0.25, 0.3) is 0 Å². The molecule has 2 saturated heterocycles. The van der Waals surface area contributed by atoms with Gasteiger partial charge in [-0.1, -0.05) is 13.0 Å². The third-order valence-corrected chi connectivity index (χ3v) is 10.8. The first-order valence-corrected chi connectivity index (χ1v) is 12.5. The van der Waals surface area contributed by atoms with Gasteiger partial charge < -0.3 is 9.64 Å². The van der Waals surface area contributed by atoms with E-state index in [0.717, 1.165) is 42.1 Å². The second-order valence-electron chi connectivity index (χ2n) is 11.6. The van der Waals surface area contributed by atoms with Crippen molar-refractivity contribution in [2.24, 2.45) is 40.9 Å². The first-order valence-electron chi connectivity index (χ1n) is 12.5. The monoisotopic (exact) mass is 379 g/mol. The van der Waals surface area contributed by atoms with Gasteiger partial charge in [-0.15, -0.1) is 0 Å². The molecule has 7 aliphatic rings. The Balaban J connectivity index is 1.20. The number of ether oxygens (including phenoxy) is 1. The lowest BCUT2D eigenvalue weighted by molar-refractivity contribution is -0.144. The predicted octanol–water partition coefficient (Wildman–Crippen LogP) is 5.55. The van der Waals surface area contributed by atoms with Gasteiger partial charge in [-0.05, 0) is 111 Å². The van der Waals surface area contributed by atoms with E-state index in [2.05, 4.69) is 24.0 Å². The van der Waals surface area contributed by atoms with E-state index in [1.165, 1.54) is 77.3 Å². The van der Waals surface area contributed by atoms with Crippen LogP contribution in [0.4, 0.5) is 0 Å². The number of likely N-dealkylation sites (tertiary alicyclic amines) is 1. The summed E-state index contributed by atoms with van der Waals surface area (Å²) in [6, 6.07) is 0. The summed E-state index contributed by atoms with van der Waals surface area (Å²) in [5.74, 6) is 5.66. The summed E-state index contributed by atoms with van der Waals surface area (Å²) in [6.07, 6.45) is 19.3. The number of hydrogen-bond donors (Lipinski definition) is 0. The third kappa shape index (κ3) is 1.99. The highest BCUT2D eigenvalue weighted by molar-refractivity contribution is 5.35. The van der Waals surface area contributed by atoms with Crippen LogP contribution in [-0.4, -0.2) is 30.2 Å². The molecule has 2 aliphatic heterocycles. The molecule has 0 bridgehead atoms. The molecular formula is C26H37NO. The van der Waals surface area contributed by atoms with Crippen LogP contribution in [0.2, 0.25) is 0 Å². The molecule has 0 N–H and O–H groups in total. The molecule has 0 radical (unpaired) electrons. The summed E-state index contributed by atoms with van der Waals surface area (Å²) < 4.78 is 6.65. The van der Waals surface area contributed by atoms with Gasteiger partial charge >= 0.3 is 0 Å². The highest BCUT2D eigenvalue weighted by Crippen LogP contribution is 2.78. The summed E-state index contributed by atoms with van der Waals surface area (Å²) in [7, 11) is 0. The SMILES string of the molecule is CC12CCC3C4CCC(N5CCCC5)=CC4=CCC3C1C1CC1[C@@]21CCCO1. The molecule has 7 unspecified atom stereocenters. The second-order valence-corrected chi connectivity index (χ2v) is 11.6. The highest BCUT2D eigenvalue weighted by Gasteiger charge is 2.76. The van der Waals surface area contributed by atoms with Gasteiger partial charge in [-0.25, -0.2) is 0 Å². The molecule has 7 rings (SSSR count). The van der Waals surface area contributed by atoms with Crippen LogP contribution >= 0.6 is 0 Å². The fourth-order valence-electron chi connectivity index (χ4n) is 9.71. The molecule has 5 fully saturated rings. The van der Waals surface area contributed by atoms with Crippen molar-refractivity contribution in [1.29, 1.82) is 0 Å². The topological polar surface area (TPSA) is 12.5 Å². The van der Waals surface area contributed by atoms with E-state index >= 15 is 0 Å². The normalized spacial score (nSPS) is 54.0. The molecule has 3 saturated carbocycles. The molecule has 8 atom stereocenters. The van der Waals surface area contributed by atoms with Crippen LogP contribution in [0, 0.1) is 40.9 Å². The van der Waals surface area contributed by atoms with Gasteiger partial charge in [0.15, 0.2) is 0 Å². The van der Waals surface area contributed by atoms with Crippen molar-refractivity contribution in [1.82, 2.24) is 4.90 Å². The summed E-state index contributed by atoms with van der Waals surface area (Å²) in [5, 5.41) is 0. The Morgan fingerprint density at radius 3 is 2.75 bits per heavy atom. The Morgan fingerprint density at radius 1 is 1.04 bits per heavy atom. The van der Waals surface area contributed by atoms with E-state index in [1.807, 2.05) is 0 Å². The van der Waals surface area contributed by atoms with Crippen molar-refractivity contribution in [3.05, 3.63) is 23.4 Å². The molecular weight excluding hydrogens is 342 g/mol. The average molecular weight is 380 g/mol. The molecule has 0 amide bonds. The summed E-state index contributed by atoms with van der Waals surface area (Å²) in [5.41, 5.74) is 4.16. The van der Waals surface area contributed by atoms with Gasteiger partial charge in [0.2, 0.25) is 0 Å². The first kappa shape index (κ1) is 17.0. The van der Waals surface area contributed by atoms with Crippen LogP contribution in [0.15, 0.2) is 23.4 Å². The smallest absolute Gasteiger partial charge is 0.0770 e. The molecule has 0 aromatic heterocycles. The summed E-state index contributed by atoms with van der Waals surface area (Å²) in [4.78, 5) is 2.69. The molecule has 5 aliphatic carbocycles. The van der Waals surface area contributed by atoms with Gasteiger partial charge in [0.25, 0.3) is 0 Å². The van der Waals surface area contributed by atoms with Crippen molar-refractivity contribution in [3.8, 4) is 0 Å². The second kappa shape index (κ2) is 5.68. The van der Waals surface area contributed by atoms with Gasteiger partial charge in [0, 0.05) is 30.8 Å². The van der Waals surface area contributed by atoms with Crippen LogP contribution < -0.4 is 0 Å². The minimum Gasteiger partial charge on any atom is -0.375 e. The number of rotatable bonds is 1. The van der Waals surface area contributed by atoms with Gasteiger partial charge in [0.05, 0.1) is 5.60 Å². The Labute approximate surface area is 170 Å². The molecule has 2 nitrogen and oxygen atoms in total. The minimum atomic E-state index is 0.284. The molecule has 28 heavy (non-hydrogen) atoms. The maximum atomic E-state index is 6.65. The molecule has 2 heterocycles. The number of nitrogens with zero attached hydrogens (tertiary/aromatic N) is 1. The van der Waals surface area contributed by atoms with Crippen LogP contribution in [0.3, 0.4) is 0 Å². The lowest BCUT2D eigenvalue weighted by Crippen LogP contribution is -2.54. The Bertz CT molecular complexity index is 740. The van der Waals surface area contributed by atoms with E-state index in [4.69, 9.17) is 4.74 Å². The van der Waals surface area contributed by atoms with E-state index in [1.54, 1.807) is 11.3 Å². The summed E-state index contributed by atoms with van der Waals surface area (Å²) >= 11 is 0. The highest BCUT2D eigenvalue weighted by atomic mass is 16.5. The zero-order chi connectivity index (χ0) is 18.5. The maximum absolute atomic E-state index is 6.65. The van der Waals surface area contributed by atoms with E-state index in [0.29, 0.717) is 5.41 Å². The Kier molecular flexibility index (Phi) is 3.44. The molecule has 0 aromatic carbocycles. The molecule has 1 spiro atoms. The van der Waals surface area contributed by atoms with Crippen molar-refractivity contribution in [2.75, 3.05) is 19.7 Å². The Hall–Kier alpha value is -0.760. The fourth-order valence-corrected chi connectivity index (χ4v) is 9.71. The van der Waals surface area contributed by atoms with E-state index in [9.17, 15) is 0 Å². The maximum Gasteiger partial charge on any atom is 0.0770 e. The summed E-state index contributed by atoms with van der Waals surface area (Å²) in [6.45, 7) is 6.32. The van der Waals surface area contributed by atoms with Gasteiger partial charge in [-0.2, -0.15) is 0 Å².